The first-order valence-corrected chi connectivity index (χ1v) is 6.54. The number of imidazole rings is 2. The van der Waals surface area contributed by atoms with Gasteiger partial charge in [-0.05, 0) is 20.8 Å². The number of hydrogen-bond acceptors (Lipinski definition) is 3. The smallest absolute Gasteiger partial charge is 0.314 e. The lowest BCUT2D eigenvalue weighted by atomic mass is 10.3. The van der Waals surface area contributed by atoms with E-state index in [-0.39, 0.29) is 11.2 Å². The molecule has 0 fully saturated rings. The van der Waals surface area contributed by atoms with E-state index in [0.29, 0.717) is 16.9 Å². The van der Waals surface area contributed by atoms with Gasteiger partial charge in [0.2, 0.25) is 5.78 Å². The topological polar surface area (TPSA) is 66.2 Å². The van der Waals surface area contributed by atoms with Crippen LogP contribution in [0.3, 0.4) is 0 Å². The fourth-order valence-corrected chi connectivity index (χ4v) is 2.77. The molecule has 0 radical (unpaired) electrons. The van der Waals surface area contributed by atoms with Crippen LogP contribution in [0.5, 0.6) is 0 Å². The summed E-state index contributed by atoms with van der Waals surface area (Å²) in [5.74, 6) is 0.704. The Morgan fingerprint density at radius 3 is 2.30 bits per heavy atom. The van der Waals surface area contributed by atoms with Gasteiger partial charge in [0.15, 0.2) is 11.2 Å². The Morgan fingerprint density at radius 2 is 1.70 bits per heavy atom. The average Bonchev–Trinajstić information content (AvgIpc) is 2.92. The van der Waals surface area contributed by atoms with Gasteiger partial charge in [-0.15, -0.1) is 0 Å². The first-order chi connectivity index (χ1) is 9.40. The van der Waals surface area contributed by atoms with E-state index in [1.165, 1.54) is 11.6 Å². The lowest BCUT2D eigenvalue weighted by molar-refractivity contribution is 0.706. The maximum absolute atomic E-state index is 12.4. The maximum atomic E-state index is 12.4. The van der Waals surface area contributed by atoms with E-state index < -0.39 is 0 Å². The highest BCUT2D eigenvalue weighted by molar-refractivity contribution is 5.76. The van der Waals surface area contributed by atoms with Crippen LogP contribution in [0.1, 0.15) is 18.3 Å². The third-order valence-electron chi connectivity index (χ3n) is 4.06. The molecule has 0 saturated heterocycles. The van der Waals surface area contributed by atoms with Gasteiger partial charge in [0.05, 0.1) is 0 Å². The molecule has 0 aliphatic rings. The molecule has 3 rings (SSSR count). The molecule has 3 aromatic rings. The normalized spacial score (nSPS) is 11.8. The van der Waals surface area contributed by atoms with Gasteiger partial charge in [-0.2, -0.15) is 4.98 Å². The summed E-state index contributed by atoms with van der Waals surface area (Å²) in [5.41, 5.74) is 2.26. The van der Waals surface area contributed by atoms with E-state index >= 15 is 0 Å². The molecule has 7 nitrogen and oxygen atoms in total. The molecule has 0 spiro atoms. The van der Waals surface area contributed by atoms with Crippen molar-refractivity contribution in [2.24, 2.45) is 14.1 Å². The molecule has 0 bridgehead atoms. The summed E-state index contributed by atoms with van der Waals surface area (Å²) in [4.78, 5) is 28.9. The van der Waals surface area contributed by atoms with Crippen molar-refractivity contribution in [1.82, 2.24) is 23.1 Å². The number of fused-ring (bicyclic) bond motifs is 3. The number of aromatic nitrogens is 5. The predicted octanol–water partition coefficient (Wildman–Crippen LogP) is 0.323. The van der Waals surface area contributed by atoms with E-state index in [2.05, 4.69) is 4.98 Å². The molecule has 0 atom stereocenters. The zero-order chi connectivity index (χ0) is 14.8. The Hall–Kier alpha value is -2.31. The maximum Gasteiger partial charge on any atom is 0.332 e. The van der Waals surface area contributed by atoms with Crippen LogP contribution in [-0.2, 0) is 20.6 Å². The highest BCUT2D eigenvalue weighted by Gasteiger charge is 2.20. The van der Waals surface area contributed by atoms with E-state index in [0.717, 1.165) is 22.5 Å². The Morgan fingerprint density at radius 1 is 1.05 bits per heavy atom. The van der Waals surface area contributed by atoms with Crippen LogP contribution in [0.4, 0.5) is 0 Å². The van der Waals surface area contributed by atoms with E-state index in [1.807, 2.05) is 29.7 Å². The highest BCUT2D eigenvalue weighted by Crippen LogP contribution is 2.20. The summed E-state index contributed by atoms with van der Waals surface area (Å²) in [6.45, 7) is 6.76. The van der Waals surface area contributed by atoms with Gasteiger partial charge in [0.25, 0.3) is 5.56 Å². The van der Waals surface area contributed by atoms with Crippen molar-refractivity contribution in [1.29, 1.82) is 0 Å². The molecule has 0 N–H and O–H groups in total. The van der Waals surface area contributed by atoms with Crippen molar-refractivity contribution in [2.45, 2.75) is 27.3 Å². The third kappa shape index (κ3) is 1.27. The highest BCUT2D eigenvalue weighted by atomic mass is 16.2. The molecular formula is C13H17N5O2. The molecular weight excluding hydrogens is 258 g/mol. The number of rotatable bonds is 1. The minimum Gasteiger partial charge on any atom is -0.314 e. The van der Waals surface area contributed by atoms with Gasteiger partial charge >= 0.3 is 5.69 Å². The van der Waals surface area contributed by atoms with E-state index in [1.54, 1.807) is 7.05 Å². The van der Waals surface area contributed by atoms with Crippen molar-refractivity contribution in [3.8, 4) is 0 Å². The zero-order valence-electron chi connectivity index (χ0n) is 12.3. The molecule has 106 valence electrons. The van der Waals surface area contributed by atoms with Crippen molar-refractivity contribution in [2.75, 3.05) is 0 Å². The first-order valence-electron chi connectivity index (χ1n) is 6.54. The van der Waals surface area contributed by atoms with E-state index in [9.17, 15) is 9.59 Å². The SMILES string of the molecule is CCn1c(C)c(C)n2c3c(=O)n(C)c(=O)n(C)c3nc12. The standard InChI is InChI=1S/C13H17N5O2/c1-6-17-7(2)8(3)18-9-10(14-12(17)18)15(4)13(20)16(5)11(9)19/h6H2,1-5H3. The van der Waals surface area contributed by atoms with Gasteiger partial charge in [-0.3, -0.25) is 18.3 Å². The van der Waals surface area contributed by atoms with Crippen LogP contribution < -0.4 is 11.2 Å². The summed E-state index contributed by atoms with van der Waals surface area (Å²) in [7, 11) is 3.12. The quantitative estimate of drug-likeness (QED) is 0.642. The monoisotopic (exact) mass is 275 g/mol. The lowest BCUT2D eigenvalue weighted by Gasteiger charge is -2.03. The molecule has 0 amide bonds. The van der Waals surface area contributed by atoms with Crippen molar-refractivity contribution < 1.29 is 0 Å². The minimum absolute atomic E-state index is 0.313. The fraction of sp³-hybridized carbons (Fsp3) is 0.462. The largest absolute Gasteiger partial charge is 0.332 e. The van der Waals surface area contributed by atoms with Crippen molar-refractivity contribution in [3.05, 3.63) is 32.2 Å². The zero-order valence-corrected chi connectivity index (χ0v) is 12.3. The van der Waals surface area contributed by atoms with E-state index in [4.69, 9.17) is 0 Å². The summed E-state index contributed by atoms with van der Waals surface area (Å²) in [5, 5.41) is 0. The minimum atomic E-state index is -0.360. The molecule has 0 aliphatic heterocycles. The Labute approximate surface area is 114 Å². The molecule has 0 unspecified atom stereocenters. The Kier molecular flexibility index (Phi) is 2.44. The molecule has 3 heterocycles. The van der Waals surface area contributed by atoms with Gasteiger partial charge in [0, 0.05) is 32.0 Å². The predicted molar refractivity (Wildman–Crippen MR) is 76.3 cm³/mol. The molecule has 0 saturated carbocycles. The van der Waals surface area contributed by atoms with Crippen LogP contribution in [0.2, 0.25) is 0 Å². The van der Waals surface area contributed by atoms with Gasteiger partial charge in [0.1, 0.15) is 0 Å². The number of aryl methyl sites for hydroxylation is 3. The lowest BCUT2D eigenvalue weighted by Crippen LogP contribution is -2.37. The van der Waals surface area contributed by atoms with Crippen LogP contribution in [0.25, 0.3) is 16.9 Å². The average molecular weight is 275 g/mol. The molecule has 0 aliphatic carbocycles. The molecule has 7 heteroatoms. The van der Waals surface area contributed by atoms with Crippen molar-refractivity contribution >= 4 is 16.9 Å². The van der Waals surface area contributed by atoms with Crippen LogP contribution in [0, 0.1) is 13.8 Å². The van der Waals surface area contributed by atoms with Crippen LogP contribution >= 0.6 is 0 Å². The first kappa shape index (κ1) is 12.7. The third-order valence-corrected chi connectivity index (χ3v) is 4.06. The van der Waals surface area contributed by atoms with Crippen molar-refractivity contribution in [3.63, 3.8) is 0 Å². The summed E-state index contributed by atoms with van der Waals surface area (Å²) in [6.07, 6.45) is 0. The fourth-order valence-electron chi connectivity index (χ4n) is 2.77. The number of hydrogen-bond donors (Lipinski definition) is 0. The molecule has 3 aromatic heterocycles. The number of nitrogens with zero attached hydrogens (tertiary/aromatic N) is 5. The van der Waals surface area contributed by atoms with Gasteiger partial charge < -0.3 is 4.57 Å². The summed E-state index contributed by atoms with van der Waals surface area (Å²) < 4.78 is 6.42. The summed E-state index contributed by atoms with van der Waals surface area (Å²) in [6, 6.07) is 0. The second-order valence-electron chi connectivity index (χ2n) is 5.04. The van der Waals surface area contributed by atoms with Gasteiger partial charge in [-0.1, -0.05) is 0 Å². The van der Waals surface area contributed by atoms with Crippen LogP contribution in [0.15, 0.2) is 9.59 Å². The summed E-state index contributed by atoms with van der Waals surface area (Å²) >= 11 is 0. The molecule has 0 aromatic carbocycles. The Balaban J connectivity index is 2.73. The molecule has 20 heavy (non-hydrogen) atoms. The Bertz CT molecular complexity index is 967. The van der Waals surface area contributed by atoms with Crippen LogP contribution in [-0.4, -0.2) is 23.1 Å². The van der Waals surface area contributed by atoms with Gasteiger partial charge in [-0.25, -0.2) is 4.79 Å². The second-order valence-corrected chi connectivity index (χ2v) is 5.04. The second kappa shape index (κ2) is 3.84.